The molecule has 0 aromatic heterocycles. The molecule has 0 aliphatic carbocycles. The zero-order chi connectivity index (χ0) is 11.5. The number of azide groups is 1. The third-order valence-corrected chi connectivity index (χ3v) is 2.17. The fraction of sp³-hybridized carbons (Fsp3) is 0.889. The van der Waals surface area contributed by atoms with Gasteiger partial charge in [0.05, 0.1) is 11.5 Å². The SMILES string of the molecule is CC(C)(C)C(=O)ON1CCC(N=[N+]=[N-])C1. The maximum atomic E-state index is 11.5. The van der Waals surface area contributed by atoms with Crippen LogP contribution in [0.25, 0.3) is 10.4 Å². The van der Waals surface area contributed by atoms with E-state index in [1.807, 2.05) is 0 Å². The van der Waals surface area contributed by atoms with Gasteiger partial charge in [-0.25, -0.2) is 4.79 Å². The van der Waals surface area contributed by atoms with Crippen molar-refractivity contribution in [3.63, 3.8) is 0 Å². The van der Waals surface area contributed by atoms with Crippen molar-refractivity contribution in [3.05, 3.63) is 10.4 Å². The molecular weight excluding hydrogens is 196 g/mol. The number of hydrogen-bond acceptors (Lipinski definition) is 4. The van der Waals surface area contributed by atoms with E-state index in [0.29, 0.717) is 13.1 Å². The lowest BCUT2D eigenvalue weighted by atomic mass is 9.98. The fourth-order valence-corrected chi connectivity index (χ4v) is 1.22. The van der Waals surface area contributed by atoms with E-state index in [1.165, 1.54) is 0 Å². The topological polar surface area (TPSA) is 78.3 Å². The van der Waals surface area contributed by atoms with E-state index in [-0.39, 0.29) is 12.0 Å². The molecule has 0 radical (unpaired) electrons. The minimum atomic E-state index is -0.503. The predicted octanol–water partition coefficient (Wildman–Crippen LogP) is 1.88. The van der Waals surface area contributed by atoms with Crippen LogP contribution in [0.15, 0.2) is 5.11 Å². The first-order valence-corrected chi connectivity index (χ1v) is 4.95. The smallest absolute Gasteiger partial charge is 0.330 e. The molecule has 1 fully saturated rings. The van der Waals surface area contributed by atoms with Crippen LogP contribution >= 0.6 is 0 Å². The predicted molar refractivity (Wildman–Crippen MR) is 54.7 cm³/mol. The van der Waals surface area contributed by atoms with Crippen LogP contribution in [0.2, 0.25) is 0 Å². The summed E-state index contributed by atoms with van der Waals surface area (Å²) < 4.78 is 0. The Morgan fingerprint density at radius 2 is 2.27 bits per heavy atom. The molecule has 1 heterocycles. The van der Waals surface area contributed by atoms with E-state index in [0.717, 1.165) is 6.42 Å². The third kappa shape index (κ3) is 3.42. The highest BCUT2D eigenvalue weighted by Gasteiger charge is 2.29. The van der Waals surface area contributed by atoms with E-state index in [2.05, 4.69) is 10.0 Å². The Morgan fingerprint density at radius 1 is 1.60 bits per heavy atom. The molecule has 0 aromatic rings. The summed E-state index contributed by atoms with van der Waals surface area (Å²) in [6.07, 6.45) is 0.738. The lowest BCUT2D eigenvalue weighted by Crippen LogP contribution is -2.32. The number of hydrogen-bond donors (Lipinski definition) is 0. The van der Waals surface area contributed by atoms with E-state index >= 15 is 0 Å². The monoisotopic (exact) mass is 212 g/mol. The quantitative estimate of drug-likeness (QED) is 0.398. The first kappa shape index (κ1) is 11.8. The van der Waals surface area contributed by atoms with Gasteiger partial charge >= 0.3 is 5.97 Å². The van der Waals surface area contributed by atoms with Gasteiger partial charge in [0.2, 0.25) is 0 Å². The van der Waals surface area contributed by atoms with Gasteiger partial charge in [0.15, 0.2) is 0 Å². The van der Waals surface area contributed by atoms with Crippen molar-refractivity contribution in [2.24, 2.45) is 10.5 Å². The van der Waals surface area contributed by atoms with E-state index in [4.69, 9.17) is 10.4 Å². The van der Waals surface area contributed by atoms with Gasteiger partial charge in [0.25, 0.3) is 0 Å². The molecule has 1 saturated heterocycles. The van der Waals surface area contributed by atoms with Crippen LogP contribution in [-0.2, 0) is 9.63 Å². The molecule has 6 heteroatoms. The minimum Gasteiger partial charge on any atom is -0.367 e. The second kappa shape index (κ2) is 4.51. The van der Waals surface area contributed by atoms with Crippen molar-refractivity contribution < 1.29 is 9.63 Å². The van der Waals surface area contributed by atoms with E-state index in [1.54, 1.807) is 25.8 Å². The molecule has 0 spiro atoms. The van der Waals surface area contributed by atoms with Crippen molar-refractivity contribution in [2.45, 2.75) is 33.2 Å². The Bertz CT molecular complexity index is 291. The number of carbonyl (C=O) groups is 1. The first-order valence-electron chi connectivity index (χ1n) is 4.95. The Labute approximate surface area is 88.8 Å². The van der Waals surface area contributed by atoms with Gasteiger partial charge in [0.1, 0.15) is 0 Å². The van der Waals surface area contributed by atoms with Crippen LogP contribution in [0.1, 0.15) is 27.2 Å². The molecule has 1 aliphatic heterocycles. The van der Waals surface area contributed by atoms with Crippen LogP contribution in [0.3, 0.4) is 0 Å². The minimum absolute atomic E-state index is 0.0808. The molecule has 1 unspecified atom stereocenters. The van der Waals surface area contributed by atoms with Gasteiger partial charge in [-0.1, -0.05) is 5.11 Å². The summed E-state index contributed by atoms with van der Waals surface area (Å²) in [6, 6.07) is -0.0808. The van der Waals surface area contributed by atoms with Crippen LogP contribution < -0.4 is 0 Å². The van der Waals surface area contributed by atoms with Crippen LogP contribution in [-0.4, -0.2) is 30.2 Å². The second-order valence-corrected chi connectivity index (χ2v) is 4.66. The van der Waals surface area contributed by atoms with Crippen molar-refractivity contribution in [1.82, 2.24) is 5.06 Å². The summed E-state index contributed by atoms with van der Waals surface area (Å²) >= 11 is 0. The van der Waals surface area contributed by atoms with E-state index in [9.17, 15) is 4.79 Å². The van der Waals surface area contributed by atoms with Crippen molar-refractivity contribution in [2.75, 3.05) is 13.1 Å². The van der Waals surface area contributed by atoms with Gasteiger partial charge in [0, 0.05) is 18.0 Å². The van der Waals surface area contributed by atoms with Gasteiger partial charge in [-0.2, -0.15) is 0 Å². The van der Waals surface area contributed by atoms with Crippen LogP contribution in [0, 0.1) is 5.41 Å². The average molecular weight is 212 g/mol. The van der Waals surface area contributed by atoms with Gasteiger partial charge in [-0.3, -0.25) is 0 Å². The molecule has 1 rings (SSSR count). The third-order valence-electron chi connectivity index (χ3n) is 2.17. The molecule has 0 N–H and O–H groups in total. The molecule has 0 amide bonds. The molecule has 0 saturated carbocycles. The molecule has 6 nitrogen and oxygen atoms in total. The summed E-state index contributed by atoms with van der Waals surface area (Å²) in [5.41, 5.74) is 7.75. The molecule has 0 bridgehead atoms. The molecule has 1 aliphatic rings. The van der Waals surface area contributed by atoms with Crippen LogP contribution in [0.4, 0.5) is 0 Å². The molecule has 84 valence electrons. The van der Waals surface area contributed by atoms with Gasteiger partial charge in [-0.05, 0) is 32.7 Å². The molecule has 0 aromatic carbocycles. The lowest BCUT2D eigenvalue weighted by molar-refractivity contribution is -0.195. The summed E-state index contributed by atoms with van der Waals surface area (Å²) in [5.74, 6) is -0.260. The summed E-state index contributed by atoms with van der Waals surface area (Å²) in [7, 11) is 0. The summed E-state index contributed by atoms with van der Waals surface area (Å²) in [5, 5.41) is 5.15. The zero-order valence-corrected chi connectivity index (χ0v) is 9.30. The number of nitrogens with zero attached hydrogens (tertiary/aromatic N) is 4. The molecule has 1 atom stereocenters. The van der Waals surface area contributed by atoms with Crippen molar-refractivity contribution in [3.8, 4) is 0 Å². The Hall–Kier alpha value is -1.26. The first-order chi connectivity index (χ1) is 6.93. The summed E-state index contributed by atoms with van der Waals surface area (Å²) in [6.45, 7) is 6.53. The van der Waals surface area contributed by atoms with Gasteiger partial charge in [-0.15, -0.1) is 5.06 Å². The highest BCUT2D eigenvalue weighted by molar-refractivity contribution is 5.75. The van der Waals surface area contributed by atoms with Crippen LogP contribution in [0.5, 0.6) is 0 Å². The number of rotatable bonds is 2. The standard InChI is InChI=1S/C9H16N4O2/c1-9(2,3)8(14)15-13-5-4-7(6-13)11-12-10/h7H,4-6H2,1-3H3. The number of hydroxylamine groups is 2. The normalized spacial score (nSPS) is 22.2. The highest BCUT2D eigenvalue weighted by Crippen LogP contribution is 2.19. The lowest BCUT2D eigenvalue weighted by Gasteiger charge is -2.21. The highest BCUT2D eigenvalue weighted by atomic mass is 16.7. The van der Waals surface area contributed by atoms with Gasteiger partial charge < -0.3 is 4.84 Å². The Morgan fingerprint density at radius 3 is 2.80 bits per heavy atom. The van der Waals surface area contributed by atoms with Crippen molar-refractivity contribution >= 4 is 5.97 Å². The zero-order valence-electron chi connectivity index (χ0n) is 9.30. The largest absolute Gasteiger partial charge is 0.367 e. The van der Waals surface area contributed by atoms with Crippen molar-refractivity contribution in [1.29, 1.82) is 0 Å². The maximum absolute atomic E-state index is 11.5. The fourth-order valence-electron chi connectivity index (χ4n) is 1.22. The van der Waals surface area contributed by atoms with E-state index < -0.39 is 5.41 Å². The average Bonchev–Trinajstić information content (AvgIpc) is 2.51. The summed E-state index contributed by atoms with van der Waals surface area (Å²) in [4.78, 5) is 19.4. The number of carbonyl (C=O) groups excluding carboxylic acids is 1. The molecular formula is C9H16N4O2. The Balaban J connectivity index is 2.43. The second-order valence-electron chi connectivity index (χ2n) is 4.66. The molecule has 15 heavy (non-hydrogen) atoms. The Kier molecular flexibility index (Phi) is 3.55. The maximum Gasteiger partial charge on any atom is 0.330 e.